The quantitative estimate of drug-likeness (QED) is 0.730. The van der Waals surface area contributed by atoms with E-state index in [4.69, 9.17) is 9.47 Å². The van der Waals surface area contributed by atoms with E-state index in [9.17, 15) is 4.79 Å². The van der Waals surface area contributed by atoms with Crippen molar-refractivity contribution in [2.75, 3.05) is 17.4 Å². The molecule has 0 saturated carbocycles. The molecule has 0 saturated heterocycles. The van der Waals surface area contributed by atoms with Crippen molar-refractivity contribution in [3.8, 4) is 11.5 Å². The number of rotatable bonds is 5. The van der Waals surface area contributed by atoms with Crippen molar-refractivity contribution < 1.29 is 14.3 Å². The summed E-state index contributed by atoms with van der Waals surface area (Å²) in [6.07, 6.45) is 4.83. The second-order valence-corrected chi connectivity index (χ2v) is 5.53. The minimum atomic E-state index is -0.337. The van der Waals surface area contributed by atoms with Gasteiger partial charge in [0.1, 0.15) is 17.8 Å². The molecular formula is C18H15N5O3. The molecular weight excluding hydrogens is 334 g/mol. The standard InChI is InChI=1S/C18H15N5O3/c24-18(23-13-3-4-15-16(6-13)26-11-25-15)14-7-17(22-10-21-14)20-9-12-2-1-5-19-8-12/h1-8,10H,9,11H2,(H,23,24)(H,20,21,22). The van der Waals surface area contributed by atoms with E-state index >= 15 is 0 Å². The van der Waals surface area contributed by atoms with Crippen molar-refractivity contribution in [3.05, 3.63) is 66.4 Å². The molecule has 0 aliphatic carbocycles. The number of hydrogen-bond donors (Lipinski definition) is 2. The molecule has 1 aliphatic rings. The summed E-state index contributed by atoms with van der Waals surface area (Å²) in [4.78, 5) is 24.7. The zero-order valence-electron chi connectivity index (χ0n) is 13.7. The van der Waals surface area contributed by atoms with Crippen LogP contribution in [0, 0.1) is 0 Å². The number of anilines is 2. The Morgan fingerprint density at radius 3 is 2.92 bits per heavy atom. The summed E-state index contributed by atoms with van der Waals surface area (Å²) in [5.41, 5.74) is 1.87. The van der Waals surface area contributed by atoms with Crippen LogP contribution in [-0.2, 0) is 6.54 Å². The van der Waals surface area contributed by atoms with E-state index in [0.717, 1.165) is 5.56 Å². The summed E-state index contributed by atoms with van der Waals surface area (Å²) < 4.78 is 10.6. The van der Waals surface area contributed by atoms with Crippen molar-refractivity contribution in [1.29, 1.82) is 0 Å². The predicted octanol–water partition coefficient (Wildman–Crippen LogP) is 2.46. The number of ether oxygens (including phenoxy) is 2. The maximum absolute atomic E-state index is 12.4. The molecule has 130 valence electrons. The first-order valence-electron chi connectivity index (χ1n) is 7.94. The summed E-state index contributed by atoms with van der Waals surface area (Å²) in [7, 11) is 0. The highest BCUT2D eigenvalue weighted by molar-refractivity contribution is 6.03. The molecule has 1 amide bonds. The fourth-order valence-corrected chi connectivity index (χ4v) is 2.44. The van der Waals surface area contributed by atoms with Crippen LogP contribution in [0.25, 0.3) is 0 Å². The Morgan fingerprint density at radius 2 is 2.04 bits per heavy atom. The minimum Gasteiger partial charge on any atom is -0.454 e. The number of nitrogens with zero attached hydrogens (tertiary/aromatic N) is 3. The van der Waals surface area contributed by atoms with Crippen LogP contribution in [0.2, 0.25) is 0 Å². The van der Waals surface area contributed by atoms with Crippen molar-refractivity contribution in [1.82, 2.24) is 15.0 Å². The highest BCUT2D eigenvalue weighted by atomic mass is 16.7. The molecule has 3 heterocycles. The van der Waals surface area contributed by atoms with Gasteiger partial charge in [0, 0.05) is 36.8 Å². The Labute approximate surface area is 149 Å². The van der Waals surface area contributed by atoms with E-state index in [2.05, 4.69) is 25.6 Å². The number of amides is 1. The van der Waals surface area contributed by atoms with Crippen molar-refractivity contribution in [3.63, 3.8) is 0 Å². The van der Waals surface area contributed by atoms with Crippen LogP contribution >= 0.6 is 0 Å². The summed E-state index contributed by atoms with van der Waals surface area (Å²) in [5.74, 6) is 1.48. The molecule has 0 radical (unpaired) electrons. The van der Waals surface area contributed by atoms with Gasteiger partial charge in [-0.15, -0.1) is 0 Å². The first-order chi connectivity index (χ1) is 12.8. The number of fused-ring (bicyclic) bond motifs is 1. The van der Waals surface area contributed by atoms with Gasteiger partial charge in [-0.05, 0) is 23.8 Å². The predicted molar refractivity (Wildman–Crippen MR) is 94.1 cm³/mol. The third-order valence-electron chi connectivity index (χ3n) is 3.73. The molecule has 8 nitrogen and oxygen atoms in total. The van der Waals surface area contributed by atoms with Crippen LogP contribution in [0.15, 0.2) is 55.1 Å². The van der Waals surface area contributed by atoms with Gasteiger partial charge in [0.2, 0.25) is 6.79 Å². The van der Waals surface area contributed by atoms with Gasteiger partial charge in [-0.1, -0.05) is 6.07 Å². The Kier molecular flexibility index (Phi) is 4.29. The summed E-state index contributed by atoms with van der Waals surface area (Å²) >= 11 is 0. The lowest BCUT2D eigenvalue weighted by Gasteiger charge is -2.08. The van der Waals surface area contributed by atoms with E-state index in [-0.39, 0.29) is 18.4 Å². The fraction of sp³-hybridized carbons (Fsp3) is 0.111. The molecule has 26 heavy (non-hydrogen) atoms. The number of carbonyl (C=O) groups excluding carboxylic acids is 1. The summed E-state index contributed by atoms with van der Waals surface area (Å²) in [6, 6.07) is 10.6. The maximum atomic E-state index is 12.4. The normalized spacial score (nSPS) is 11.8. The minimum absolute atomic E-state index is 0.185. The third kappa shape index (κ3) is 3.54. The zero-order valence-corrected chi connectivity index (χ0v) is 13.7. The lowest BCUT2D eigenvalue weighted by Crippen LogP contribution is -2.14. The van der Waals surface area contributed by atoms with E-state index in [0.29, 0.717) is 29.5 Å². The third-order valence-corrected chi connectivity index (χ3v) is 3.73. The SMILES string of the molecule is O=C(Nc1ccc2c(c1)OCO2)c1cc(NCc2cccnc2)ncn1. The Balaban J connectivity index is 1.43. The van der Waals surface area contributed by atoms with E-state index < -0.39 is 0 Å². The molecule has 4 rings (SSSR count). The number of pyridine rings is 1. The average Bonchev–Trinajstić information content (AvgIpc) is 3.15. The highest BCUT2D eigenvalue weighted by Crippen LogP contribution is 2.34. The lowest BCUT2D eigenvalue weighted by molar-refractivity contribution is 0.102. The maximum Gasteiger partial charge on any atom is 0.274 e. The van der Waals surface area contributed by atoms with Gasteiger partial charge in [-0.2, -0.15) is 0 Å². The topological polar surface area (TPSA) is 98.3 Å². The van der Waals surface area contributed by atoms with Crippen molar-refractivity contribution >= 4 is 17.4 Å². The van der Waals surface area contributed by atoms with Gasteiger partial charge < -0.3 is 20.1 Å². The lowest BCUT2D eigenvalue weighted by atomic mass is 10.2. The van der Waals surface area contributed by atoms with E-state index in [1.54, 1.807) is 36.7 Å². The van der Waals surface area contributed by atoms with Gasteiger partial charge in [0.15, 0.2) is 11.5 Å². The monoisotopic (exact) mass is 349 g/mol. The van der Waals surface area contributed by atoms with Crippen LogP contribution in [0.3, 0.4) is 0 Å². The van der Waals surface area contributed by atoms with Gasteiger partial charge in [-0.3, -0.25) is 9.78 Å². The van der Waals surface area contributed by atoms with Crippen molar-refractivity contribution in [2.45, 2.75) is 6.54 Å². The largest absolute Gasteiger partial charge is 0.454 e. The van der Waals surface area contributed by atoms with Crippen LogP contribution in [0.1, 0.15) is 16.1 Å². The van der Waals surface area contributed by atoms with Crippen LogP contribution in [0.4, 0.5) is 11.5 Å². The molecule has 8 heteroatoms. The first kappa shape index (κ1) is 15.8. The van der Waals surface area contributed by atoms with Gasteiger partial charge in [-0.25, -0.2) is 9.97 Å². The van der Waals surface area contributed by atoms with Crippen LogP contribution in [-0.4, -0.2) is 27.7 Å². The molecule has 0 bridgehead atoms. The van der Waals surface area contributed by atoms with Gasteiger partial charge in [0.25, 0.3) is 5.91 Å². The number of carbonyl (C=O) groups is 1. The summed E-state index contributed by atoms with van der Waals surface area (Å²) in [6.45, 7) is 0.735. The number of benzene rings is 1. The van der Waals surface area contributed by atoms with Crippen LogP contribution < -0.4 is 20.1 Å². The first-order valence-corrected chi connectivity index (χ1v) is 7.94. The average molecular weight is 349 g/mol. The van der Waals surface area contributed by atoms with Crippen LogP contribution in [0.5, 0.6) is 11.5 Å². The molecule has 2 N–H and O–H groups in total. The van der Waals surface area contributed by atoms with Crippen molar-refractivity contribution in [2.24, 2.45) is 0 Å². The molecule has 0 spiro atoms. The Hall–Kier alpha value is -3.68. The van der Waals surface area contributed by atoms with Gasteiger partial charge in [0.05, 0.1) is 0 Å². The smallest absolute Gasteiger partial charge is 0.274 e. The molecule has 0 unspecified atom stereocenters. The fourth-order valence-electron chi connectivity index (χ4n) is 2.44. The van der Waals surface area contributed by atoms with Gasteiger partial charge >= 0.3 is 0 Å². The molecule has 3 aromatic rings. The Bertz CT molecular complexity index is 933. The molecule has 2 aromatic heterocycles. The Morgan fingerprint density at radius 1 is 1.12 bits per heavy atom. The number of hydrogen-bond acceptors (Lipinski definition) is 7. The molecule has 1 aromatic carbocycles. The second-order valence-electron chi connectivity index (χ2n) is 5.53. The number of nitrogens with one attached hydrogen (secondary N) is 2. The second kappa shape index (κ2) is 7.06. The molecule has 0 atom stereocenters. The molecule has 0 fully saturated rings. The zero-order chi connectivity index (χ0) is 17.8. The van der Waals surface area contributed by atoms with E-state index in [1.807, 2.05) is 12.1 Å². The summed E-state index contributed by atoms with van der Waals surface area (Å²) in [5, 5.41) is 5.93. The number of aromatic nitrogens is 3. The molecule has 1 aliphatic heterocycles. The van der Waals surface area contributed by atoms with E-state index in [1.165, 1.54) is 6.33 Å². The highest BCUT2D eigenvalue weighted by Gasteiger charge is 2.15.